The molecule has 0 fully saturated rings. The molecule has 19 heavy (non-hydrogen) atoms. The summed E-state index contributed by atoms with van der Waals surface area (Å²) in [5.41, 5.74) is 1.96. The van der Waals surface area contributed by atoms with E-state index in [0.29, 0.717) is 10.8 Å². The number of aliphatic hydroxyl groups excluding tert-OH is 2. The second-order valence-electron chi connectivity index (χ2n) is 4.16. The van der Waals surface area contributed by atoms with Gasteiger partial charge < -0.3 is 14.9 Å². The summed E-state index contributed by atoms with van der Waals surface area (Å²) in [6.45, 7) is -0.284. The Morgan fingerprint density at radius 3 is 2.47 bits per heavy atom. The Labute approximate surface area is 117 Å². The van der Waals surface area contributed by atoms with Crippen LogP contribution in [0.3, 0.4) is 0 Å². The first-order chi connectivity index (χ1) is 9.20. The molecule has 100 valence electrons. The lowest BCUT2D eigenvalue weighted by Gasteiger charge is -2.11. The van der Waals surface area contributed by atoms with Crippen LogP contribution in [0.1, 0.15) is 0 Å². The lowest BCUT2D eigenvalue weighted by Crippen LogP contribution is -2.21. The van der Waals surface area contributed by atoms with Gasteiger partial charge in [0.2, 0.25) is 0 Å². The smallest absolute Gasteiger partial charge is 0.120 e. The minimum absolute atomic E-state index is 0.0392. The van der Waals surface area contributed by atoms with E-state index in [0.717, 1.165) is 11.1 Å². The van der Waals surface area contributed by atoms with Crippen molar-refractivity contribution in [2.75, 3.05) is 13.2 Å². The molecule has 0 aromatic heterocycles. The predicted molar refractivity (Wildman–Crippen MR) is 75.5 cm³/mol. The van der Waals surface area contributed by atoms with E-state index < -0.39 is 6.10 Å². The molecule has 3 nitrogen and oxygen atoms in total. The fourth-order valence-corrected chi connectivity index (χ4v) is 1.96. The molecule has 1 atom stereocenters. The minimum Gasteiger partial charge on any atom is -0.491 e. The van der Waals surface area contributed by atoms with Crippen LogP contribution in [-0.2, 0) is 0 Å². The monoisotopic (exact) mass is 278 g/mol. The lowest BCUT2D eigenvalue weighted by molar-refractivity contribution is 0.0536. The molecule has 0 aliphatic carbocycles. The fourth-order valence-electron chi connectivity index (χ4n) is 1.68. The first kappa shape index (κ1) is 13.9. The summed E-state index contributed by atoms with van der Waals surface area (Å²) in [5.74, 6) is 0.567. The lowest BCUT2D eigenvalue weighted by atomic mass is 10.1. The molecule has 2 aromatic rings. The van der Waals surface area contributed by atoms with E-state index in [1.54, 1.807) is 12.1 Å². The zero-order valence-corrected chi connectivity index (χ0v) is 11.0. The summed E-state index contributed by atoms with van der Waals surface area (Å²) >= 11 is 6.22. The molecule has 2 rings (SSSR count). The van der Waals surface area contributed by atoms with Gasteiger partial charge in [0, 0.05) is 5.56 Å². The maximum Gasteiger partial charge on any atom is 0.120 e. The van der Waals surface area contributed by atoms with Crippen LogP contribution in [0, 0.1) is 0 Å². The van der Waals surface area contributed by atoms with Crippen LogP contribution in [0.15, 0.2) is 48.5 Å². The standard InChI is InChI=1S/C15H15ClO3/c16-15-8-13(19-10-12(18)9-17)6-7-14(15)11-4-2-1-3-5-11/h1-8,12,17-18H,9-10H2. The average Bonchev–Trinajstić information content (AvgIpc) is 2.45. The van der Waals surface area contributed by atoms with Crippen LogP contribution in [0.25, 0.3) is 11.1 Å². The van der Waals surface area contributed by atoms with Gasteiger partial charge in [-0.05, 0) is 23.8 Å². The summed E-state index contributed by atoms with van der Waals surface area (Å²) in [5, 5.41) is 18.5. The molecule has 0 amide bonds. The molecule has 2 N–H and O–H groups in total. The van der Waals surface area contributed by atoms with Gasteiger partial charge in [-0.25, -0.2) is 0 Å². The molecular weight excluding hydrogens is 264 g/mol. The molecule has 0 radical (unpaired) electrons. The van der Waals surface area contributed by atoms with Crippen molar-refractivity contribution in [2.24, 2.45) is 0 Å². The zero-order valence-electron chi connectivity index (χ0n) is 10.3. The fraction of sp³-hybridized carbons (Fsp3) is 0.200. The van der Waals surface area contributed by atoms with E-state index in [2.05, 4.69) is 0 Å². The normalized spacial score (nSPS) is 12.2. The van der Waals surface area contributed by atoms with Gasteiger partial charge in [-0.3, -0.25) is 0 Å². The molecular formula is C15H15ClO3. The van der Waals surface area contributed by atoms with Crippen molar-refractivity contribution in [3.8, 4) is 16.9 Å². The Morgan fingerprint density at radius 2 is 1.84 bits per heavy atom. The second kappa shape index (κ2) is 6.57. The van der Waals surface area contributed by atoms with E-state index in [1.165, 1.54) is 0 Å². The molecule has 2 aromatic carbocycles. The quantitative estimate of drug-likeness (QED) is 0.884. The van der Waals surface area contributed by atoms with Crippen LogP contribution in [0.4, 0.5) is 0 Å². The number of ether oxygens (including phenoxy) is 1. The number of benzene rings is 2. The van der Waals surface area contributed by atoms with Crippen molar-refractivity contribution >= 4 is 11.6 Å². The van der Waals surface area contributed by atoms with Gasteiger partial charge in [0.05, 0.1) is 11.6 Å². The van der Waals surface area contributed by atoms with Crippen LogP contribution >= 0.6 is 11.6 Å². The number of hydrogen-bond donors (Lipinski definition) is 2. The molecule has 0 spiro atoms. The Hall–Kier alpha value is -1.55. The summed E-state index contributed by atoms with van der Waals surface area (Å²) in [4.78, 5) is 0. The summed E-state index contributed by atoms with van der Waals surface area (Å²) in [6, 6.07) is 15.2. The largest absolute Gasteiger partial charge is 0.491 e. The van der Waals surface area contributed by atoms with Crippen LogP contribution < -0.4 is 4.74 Å². The highest BCUT2D eigenvalue weighted by atomic mass is 35.5. The highest BCUT2D eigenvalue weighted by molar-refractivity contribution is 6.33. The maximum absolute atomic E-state index is 9.21. The van der Waals surface area contributed by atoms with Crippen molar-refractivity contribution in [1.29, 1.82) is 0 Å². The molecule has 0 saturated carbocycles. The minimum atomic E-state index is -0.882. The van der Waals surface area contributed by atoms with Crippen LogP contribution in [0.5, 0.6) is 5.75 Å². The third-order valence-corrected chi connectivity index (χ3v) is 2.99. The van der Waals surface area contributed by atoms with Crippen molar-refractivity contribution in [3.63, 3.8) is 0 Å². The summed E-state index contributed by atoms with van der Waals surface area (Å²) in [7, 11) is 0. The molecule has 1 unspecified atom stereocenters. The summed E-state index contributed by atoms with van der Waals surface area (Å²) < 4.78 is 5.34. The van der Waals surface area contributed by atoms with Gasteiger partial charge in [0.25, 0.3) is 0 Å². The van der Waals surface area contributed by atoms with E-state index in [4.69, 9.17) is 21.4 Å². The molecule has 0 bridgehead atoms. The van der Waals surface area contributed by atoms with E-state index in [9.17, 15) is 5.11 Å². The Morgan fingerprint density at radius 1 is 1.11 bits per heavy atom. The molecule has 4 heteroatoms. The van der Waals surface area contributed by atoms with Gasteiger partial charge in [-0.15, -0.1) is 0 Å². The van der Waals surface area contributed by atoms with E-state index in [1.807, 2.05) is 36.4 Å². The van der Waals surface area contributed by atoms with Crippen LogP contribution in [-0.4, -0.2) is 29.5 Å². The Balaban J connectivity index is 2.14. The molecule has 0 heterocycles. The topological polar surface area (TPSA) is 49.7 Å². The highest BCUT2D eigenvalue weighted by Crippen LogP contribution is 2.30. The zero-order chi connectivity index (χ0) is 13.7. The predicted octanol–water partition coefficient (Wildman–Crippen LogP) is 2.74. The van der Waals surface area contributed by atoms with Gasteiger partial charge in [-0.1, -0.05) is 41.9 Å². The number of hydrogen-bond acceptors (Lipinski definition) is 3. The number of halogens is 1. The van der Waals surface area contributed by atoms with Gasteiger partial charge in [-0.2, -0.15) is 0 Å². The van der Waals surface area contributed by atoms with Crippen molar-refractivity contribution in [1.82, 2.24) is 0 Å². The Bertz CT molecular complexity index is 528. The Kier molecular flexibility index (Phi) is 4.80. The van der Waals surface area contributed by atoms with Crippen molar-refractivity contribution in [2.45, 2.75) is 6.10 Å². The number of rotatable bonds is 5. The van der Waals surface area contributed by atoms with Gasteiger partial charge in [0.1, 0.15) is 18.5 Å². The first-order valence-corrected chi connectivity index (χ1v) is 6.35. The molecule has 0 saturated heterocycles. The third-order valence-electron chi connectivity index (χ3n) is 2.68. The second-order valence-corrected chi connectivity index (χ2v) is 4.56. The highest BCUT2D eigenvalue weighted by Gasteiger charge is 2.07. The third kappa shape index (κ3) is 3.70. The van der Waals surface area contributed by atoms with Gasteiger partial charge >= 0.3 is 0 Å². The molecule has 0 aliphatic rings. The SMILES string of the molecule is OCC(O)COc1ccc(-c2ccccc2)c(Cl)c1. The number of aliphatic hydroxyl groups is 2. The average molecular weight is 279 g/mol. The van der Waals surface area contributed by atoms with E-state index in [-0.39, 0.29) is 13.2 Å². The first-order valence-electron chi connectivity index (χ1n) is 5.97. The summed E-state index contributed by atoms with van der Waals surface area (Å²) in [6.07, 6.45) is -0.882. The maximum atomic E-state index is 9.21. The van der Waals surface area contributed by atoms with E-state index >= 15 is 0 Å². The van der Waals surface area contributed by atoms with Crippen molar-refractivity contribution in [3.05, 3.63) is 53.6 Å². The molecule has 0 aliphatic heterocycles. The van der Waals surface area contributed by atoms with Crippen molar-refractivity contribution < 1.29 is 14.9 Å². The van der Waals surface area contributed by atoms with Gasteiger partial charge in [0.15, 0.2) is 0 Å². The van der Waals surface area contributed by atoms with Crippen LogP contribution in [0.2, 0.25) is 5.02 Å².